The molecule has 0 saturated heterocycles. The Morgan fingerprint density at radius 3 is 2.77 bits per heavy atom. The molecule has 3 saturated carbocycles. The highest BCUT2D eigenvalue weighted by molar-refractivity contribution is 5.75. The molecule has 1 N–H and O–H groups in total. The second-order valence-corrected chi connectivity index (χ2v) is 11.5. The molecule has 3 aliphatic carbocycles. The maximum Gasteiger partial charge on any atom is 0.343 e. The maximum atomic E-state index is 13.1. The van der Waals surface area contributed by atoms with Crippen molar-refractivity contribution in [1.82, 2.24) is 4.98 Å². The average molecular weight is 480 g/mol. The normalized spacial score (nSPS) is 37.9. The first-order valence-corrected chi connectivity index (χ1v) is 12.9. The van der Waals surface area contributed by atoms with Crippen LogP contribution in [-0.4, -0.2) is 33.9 Å². The second kappa shape index (κ2) is 7.92. The van der Waals surface area contributed by atoms with E-state index in [1.807, 2.05) is 13.0 Å². The van der Waals surface area contributed by atoms with Gasteiger partial charge in [-0.25, -0.2) is 4.79 Å². The summed E-state index contributed by atoms with van der Waals surface area (Å²) in [6.45, 7) is 6.39. The fraction of sp³-hybridized carbons (Fsp3) is 0.607. The molecular formula is C28H33NO6. The van der Waals surface area contributed by atoms with Gasteiger partial charge in [0.15, 0.2) is 0 Å². The zero-order valence-electron chi connectivity index (χ0n) is 20.5. The van der Waals surface area contributed by atoms with E-state index in [0.29, 0.717) is 35.5 Å². The molecule has 0 radical (unpaired) electrons. The molecular weight excluding hydrogens is 446 g/mol. The summed E-state index contributed by atoms with van der Waals surface area (Å²) in [6, 6.07) is 5.38. The van der Waals surface area contributed by atoms with E-state index in [1.54, 1.807) is 24.5 Å². The van der Waals surface area contributed by atoms with Crippen molar-refractivity contribution >= 4 is 5.97 Å². The lowest BCUT2D eigenvalue weighted by Crippen LogP contribution is -2.67. The van der Waals surface area contributed by atoms with Crippen LogP contribution in [-0.2, 0) is 16.0 Å². The Kier molecular flexibility index (Phi) is 5.15. The molecule has 4 aliphatic rings. The van der Waals surface area contributed by atoms with Crippen molar-refractivity contribution in [2.45, 2.75) is 77.1 Å². The van der Waals surface area contributed by atoms with E-state index in [2.05, 4.69) is 18.8 Å². The van der Waals surface area contributed by atoms with Crippen LogP contribution in [0.1, 0.15) is 58.4 Å². The van der Waals surface area contributed by atoms with Crippen LogP contribution in [0.4, 0.5) is 0 Å². The highest BCUT2D eigenvalue weighted by atomic mass is 16.5. The van der Waals surface area contributed by atoms with Gasteiger partial charge in [-0.3, -0.25) is 9.78 Å². The Morgan fingerprint density at radius 1 is 1.26 bits per heavy atom. The van der Waals surface area contributed by atoms with Gasteiger partial charge in [-0.15, -0.1) is 0 Å². The summed E-state index contributed by atoms with van der Waals surface area (Å²) < 4.78 is 18.2. The van der Waals surface area contributed by atoms with Gasteiger partial charge in [0.05, 0.1) is 17.6 Å². The molecule has 7 nitrogen and oxygen atoms in total. The third-order valence-corrected chi connectivity index (χ3v) is 9.53. The lowest BCUT2D eigenvalue weighted by Gasteiger charge is -2.62. The Balaban J connectivity index is 1.33. The third kappa shape index (κ3) is 3.53. The van der Waals surface area contributed by atoms with Crippen molar-refractivity contribution in [2.75, 3.05) is 0 Å². The van der Waals surface area contributed by atoms with Gasteiger partial charge < -0.3 is 19.0 Å². The van der Waals surface area contributed by atoms with Crippen LogP contribution in [0.5, 0.6) is 5.75 Å². The van der Waals surface area contributed by atoms with Crippen molar-refractivity contribution < 1.29 is 23.8 Å². The largest absolute Gasteiger partial charge is 0.484 e. The van der Waals surface area contributed by atoms with Crippen LogP contribution in [0.15, 0.2) is 39.8 Å². The summed E-state index contributed by atoms with van der Waals surface area (Å²) in [4.78, 5) is 29.6. The van der Waals surface area contributed by atoms with Crippen LogP contribution >= 0.6 is 0 Å². The highest BCUT2D eigenvalue weighted by Crippen LogP contribution is 2.61. The molecule has 0 amide bonds. The van der Waals surface area contributed by atoms with Gasteiger partial charge >= 0.3 is 11.6 Å². The fourth-order valence-corrected chi connectivity index (χ4v) is 7.21. The number of pyridine rings is 1. The second-order valence-electron chi connectivity index (χ2n) is 11.5. The third-order valence-electron chi connectivity index (χ3n) is 9.53. The topological polar surface area (TPSA) is 98.9 Å². The van der Waals surface area contributed by atoms with E-state index >= 15 is 0 Å². The number of rotatable bonds is 3. The van der Waals surface area contributed by atoms with Crippen LogP contribution < -0.4 is 10.4 Å². The van der Waals surface area contributed by atoms with Gasteiger partial charge in [0.25, 0.3) is 0 Å². The molecule has 7 heteroatoms. The lowest BCUT2D eigenvalue weighted by atomic mass is 9.46. The van der Waals surface area contributed by atoms with Crippen LogP contribution in [0, 0.1) is 29.1 Å². The van der Waals surface area contributed by atoms with Crippen molar-refractivity contribution in [3.8, 4) is 17.1 Å². The Hall–Kier alpha value is -2.67. The van der Waals surface area contributed by atoms with Gasteiger partial charge in [-0.1, -0.05) is 13.8 Å². The number of carbonyl (C=O) groups is 1. The molecule has 1 aliphatic heterocycles. The Bertz CT molecular complexity index is 1210. The van der Waals surface area contributed by atoms with E-state index < -0.39 is 17.3 Å². The van der Waals surface area contributed by atoms with Crippen LogP contribution in [0.2, 0.25) is 0 Å². The van der Waals surface area contributed by atoms with Crippen molar-refractivity contribution in [1.29, 1.82) is 0 Å². The summed E-state index contributed by atoms with van der Waals surface area (Å²) in [5.74, 6) is 1.13. The predicted molar refractivity (Wildman–Crippen MR) is 128 cm³/mol. The number of aliphatic hydroxyl groups excluding tert-OH is 1. The number of hydrogen-bond donors (Lipinski definition) is 1. The minimum Gasteiger partial charge on any atom is -0.484 e. The van der Waals surface area contributed by atoms with E-state index in [9.17, 15) is 14.7 Å². The van der Waals surface area contributed by atoms with E-state index in [4.69, 9.17) is 13.9 Å². The van der Waals surface area contributed by atoms with Crippen molar-refractivity contribution in [2.24, 2.45) is 29.1 Å². The number of nitrogens with zero attached hydrogens (tertiary/aromatic N) is 1. The van der Waals surface area contributed by atoms with Gasteiger partial charge in [0, 0.05) is 29.9 Å². The smallest absolute Gasteiger partial charge is 0.343 e. The SMILES string of the molecule is CC1C(OC(=O)C2CC2)CCC2(C)C1CC(O)C1(C)Oc3cc(-c4cccnc4)oc(=O)c3CC21. The summed E-state index contributed by atoms with van der Waals surface area (Å²) >= 11 is 0. The standard InChI is InChI=1S/C28H33NO6/c1-15-19-12-24(30)28(3)23(27(19,2)9-8-20(15)33-25(31)16-6-7-16)11-18-22(35-28)13-21(34-26(18)32)17-5-4-10-29-14-17/h4-5,10,13-16,19-20,23-24,30H,6-9,11-12H2,1-3H3. The van der Waals surface area contributed by atoms with Crippen LogP contribution in [0.3, 0.4) is 0 Å². The monoisotopic (exact) mass is 479 g/mol. The molecule has 35 heavy (non-hydrogen) atoms. The molecule has 2 aromatic heterocycles. The molecule has 7 unspecified atom stereocenters. The molecule has 0 spiro atoms. The first-order valence-electron chi connectivity index (χ1n) is 12.9. The number of aliphatic hydroxyl groups is 1. The van der Waals surface area contributed by atoms with Gasteiger partial charge in [-0.2, -0.15) is 0 Å². The fourth-order valence-electron chi connectivity index (χ4n) is 7.21. The summed E-state index contributed by atoms with van der Waals surface area (Å²) in [5, 5.41) is 11.4. The molecule has 7 atom stereocenters. The first kappa shape index (κ1) is 22.8. The van der Waals surface area contributed by atoms with E-state index in [-0.39, 0.29) is 41.2 Å². The van der Waals surface area contributed by atoms with E-state index in [0.717, 1.165) is 25.7 Å². The molecule has 186 valence electrons. The molecule has 3 fully saturated rings. The molecule has 6 rings (SSSR count). The van der Waals surface area contributed by atoms with Gasteiger partial charge in [-0.05, 0) is 74.8 Å². The Labute approximate surface area is 204 Å². The van der Waals surface area contributed by atoms with Crippen LogP contribution in [0.25, 0.3) is 11.3 Å². The summed E-state index contributed by atoms with van der Waals surface area (Å²) in [5.41, 5.74) is -0.155. The highest BCUT2D eigenvalue weighted by Gasteiger charge is 2.64. The summed E-state index contributed by atoms with van der Waals surface area (Å²) in [7, 11) is 0. The minimum atomic E-state index is -0.824. The number of fused-ring (bicyclic) bond motifs is 4. The molecule has 2 aromatic rings. The molecule has 3 heterocycles. The van der Waals surface area contributed by atoms with Gasteiger partial charge in [0.2, 0.25) is 0 Å². The summed E-state index contributed by atoms with van der Waals surface area (Å²) in [6.07, 6.45) is 7.07. The zero-order valence-corrected chi connectivity index (χ0v) is 20.5. The Morgan fingerprint density at radius 2 is 2.06 bits per heavy atom. The number of hydrogen-bond acceptors (Lipinski definition) is 7. The lowest BCUT2D eigenvalue weighted by molar-refractivity contribution is -0.217. The molecule has 0 aromatic carbocycles. The quantitative estimate of drug-likeness (QED) is 0.660. The van der Waals surface area contributed by atoms with Gasteiger partial charge in [0.1, 0.15) is 23.2 Å². The first-order chi connectivity index (χ1) is 16.7. The maximum absolute atomic E-state index is 13.1. The minimum absolute atomic E-state index is 0.0640. The average Bonchev–Trinajstić information content (AvgIpc) is 3.68. The predicted octanol–water partition coefficient (Wildman–Crippen LogP) is 4.15. The van der Waals surface area contributed by atoms with Crippen molar-refractivity contribution in [3.05, 3.63) is 46.6 Å². The number of esters is 1. The zero-order chi connectivity index (χ0) is 24.5. The van der Waals surface area contributed by atoms with E-state index in [1.165, 1.54) is 0 Å². The number of aromatic nitrogens is 1. The molecule has 0 bridgehead atoms. The number of carbonyl (C=O) groups excluding carboxylic acids is 1. The number of ether oxygens (including phenoxy) is 2. The van der Waals surface area contributed by atoms with Crippen molar-refractivity contribution in [3.63, 3.8) is 0 Å².